The van der Waals surface area contributed by atoms with Crippen molar-refractivity contribution in [1.82, 2.24) is 0 Å². The van der Waals surface area contributed by atoms with Gasteiger partial charge in [0.2, 0.25) is 0 Å². The molecular weight excluding hydrogens is 396 g/mol. The molecule has 2 unspecified atom stereocenters. The first kappa shape index (κ1) is 18.8. The van der Waals surface area contributed by atoms with Crippen LogP contribution in [0.25, 0.3) is 0 Å². The second kappa shape index (κ2) is 7.56. The van der Waals surface area contributed by atoms with Gasteiger partial charge in [-0.25, -0.2) is 4.79 Å². The lowest BCUT2D eigenvalue weighted by Crippen LogP contribution is -2.35. The van der Waals surface area contributed by atoms with Crippen LogP contribution in [0.5, 0.6) is 0 Å². The lowest BCUT2D eigenvalue weighted by molar-refractivity contribution is -0.384. The summed E-state index contributed by atoms with van der Waals surface area (Å²) in [5.41, 5.74) is 0.438. The van der Waals surface area contributed by atoms with Gasteiger partial charge < -0.3 is 10.2 Å². The van der Waals surface area contributed by atoms with E-state index in [0.717, 1.165) is 0 Å². The van der Waals surface area contributed by atoms with Gasteiger partial charge in [-0.05, 0) is 18.9 Å². The molecule has 0 radical (unpaired) electrons. The molecule has 0 aromatic heterocycles. The third-order valence-electron chi connectivity index (χ3n) is 3.98. The van der Waals surface area contributed by atoms with Crippen LogP contribution in [-0.2, 0) is 9.59 Å². The highest BCUT2D eigenvalue weighted by Gasteiger charge is 2.42. The predicted octanol–water partition coefficient (Wildman–Crippen LogP) is 2.98. The van der Waals surface area contributed by atoms with Crippen LogP contribution in [0.3, 0.4) is 0 Å². The number of rotatable bonds is 6. The second-order valence-electron chi connectivity index (χ2n) is 5.50. The average molecular weight is 411 g/mol. The highest BCUT2D eigenvalue weighted by atomic mass is 79.9. The molecule has 1 aliphatic heterocycles. The zero-order valence-corrected chi connectivity index (χ0v) is 14.8. The fourth-order valence-corrected chi connectivity index (χ4v) is 3.35. The molecule has 0 amide bonds. The maximum Gasteiger partial charge on any atom is 0.334 e. The third kappa shape index (κ3) is 3.76. The largest absolute Gasteiger partial charge is 0.481 e. The molecule has 0 saturated carbocycles. The summed E-state index contributed by atoms with van der Waals surface area (Å²) in [5, 5.41) is 30.7. The van der Waals surface area contributed by atoms with Gasteiger partial charge in [-0.2, -0.15) is 0 Å². The van der Waals surface area contributed by atoms with E-state index in [-0.39, 0.29) is 28.2 Å². The second-order valence-corrected chi connectivity index (χ2v) is 6.30. The van der Waals surface area contributed by atoms with Gasteiger partial charge >= 0.3 is 11.9 Å². The molecule has 0 saturated heterocycles. The van der Waals surface area contributed by atoms with E-state index in [1.54, 1.807) is 0 Å². The number of nitrogens with zero attached hydrogens (tertiary/aromatic N) is 2. The number of allylic oxidation sites excluding steroid dienone is 1. The molecule has 1 aliphatic rings. The number of alkyl halides is 1. The average Bonchev–Trinajstić information content (AvgIpc) is 2.53. The van der Waals surface area contributed by atoms with Crippen molar-refractivity contribution in [3.63, 3.8) is 0 Å². The van der Waals surface area contributed by atoms with Crippen molar-refractivity contribution in [2.24, 2.45) is 10.9 Å². The number of aliphatic imine (C=N–C) groups is 1. The molecule has 2 rings (SSSR count). The normalized spacial score (nSPS) is 20.2. The van der Waals surface area contributed by atoms with Crippen molar-refractivity contribution < 1.29 is 24.7 Å². The maximum absolute atomic E-state index is 11.8. The first-order chi connectivity index (χ1) is 11.8. The monoisotopic (exact) mass is 410 g/mol. The Kier molecular flexibility index (Phi) is 5.68. The van der Waals surface area contributed by atoms with Gasteiger partial charge in [0.15, 0.2) is 0 Å². The highest BCUT2D eigenvalue weighted by molar-refractivity contribution is 9.09. The van der Waals surface area contributed by atoms with Crippen LogP contribution in [0, 0.1) is 16.0 Å². The Hall–Kier alpha value is -2.55. The minimum absolute atomic E-state index is 0.141. The van der Waals surface area contributed by atoms with Crippen molar-refractivity contribution in [2.45, 2.75) is 19.3 Å². The Morgan fingerprint density at radius 1 is 1.36 bits per heavy atom. The van der Waals surface area contributed by atoms with E-state index >= 15 is 0 Å². The number of nitro benzene ring substituents is 1. The molecule has 2 N–H and O–H groups in total. The summed E-state index contributed by atoms with van der Waals surface area (Å²) >= 11 is 3.23. The van der Waals surface area contributed by atoms with Crippen molar-refractivity contribution in [3.8, 4) is 0 Å². The zero-order chi connectivity index (χ0) is 18.7. The van der Waals surface area contributed by atoms with E-state index in [4.69, 9.17) is 0 Å². The van der Waals surface area contributed by atoms with Gasteiger partial charge in [-0.3, -0.25) is 19.9 Å². The maximum atomic E-state index is 11.8. The summed E-state index contributed by atoms with van der Waals surface area (Å²) in [6.45, 7) is 1.52. The van der Waals surface area contributed by atoms with Crippen LogP contribution < -0.4 is 0 Å². The van der Waals surface area contributed by atoms with Crippen LogP contribution in [-0.4, -0.2) is 38.1 Å². The summed E-state index contributed by atoms with van der Waals surface area (Å²) in [4.78, 5) is 38.2. The summed E-state index contributed by atoms with van der Waals surface area (Å²) < 4.78 is 0. The van der Waals surface area contributed by atoms with Gasteiger partial charge in [0, 0.05) is 29.1 Å². The minimum atomic E-state index is -1.28. The summed E-state index contributed by atoms with van der Waals surface area (Å²) in [6, 6.07) is 5.40. The molecule has 0 spiro atoms. The molecule has 132 valence electrons. The molecule has 0 fully saturated rings. The fraction of sp³-hybridized carbons (Fsp3) is 0.312. The standard InChI is InChI=1S/C16H15BrN2O6/c1-8-12(15(20)21)13(9-3-2-4-10(7-9)19(24)25)14(16(22)23)11(18-8)5-6-17/h2-4,7,12-13H,5-6H2,1H3,(H,20,21)(H,22,23). The zero-order valence-electron chi connectivity index (χ0n) is 13.2. The Bertz CT molecular complexity index is 802. The van der Waals surface area contributed by atoms with Crippen LogP contribution in [0.2, 0.25) is 0 Å². The summed E-state index contributed by atoms with van der Waals surface area (Å²) in [5.74, 6) is -4.77. The Morgan fingerprint density at radius 3 is 2.56 bits per heavy atom. The van der Waals surface area contributed by atoms with Crippen LogP contribution in [0.1, 0.15) is 24.8 Å². The van der Waals surface area contributed by atoms with Crippen molar-refractivity contribution in [3.05, 3.63) is 51.2 Å². The smallest absolute Gasteiger partial charge is 0.334 e. The number of carboxylic acids is 2. The highest BCUT2D eigenvalue weighted by Crippen LogP contribution is 2.41. The minimum Gasteiger partial charge on any atom is -0.481 e. The number of hydrogen-bond donors (Lipinski definition) is 2. The quantitative estimate of drug-likeness (QED) is 0.421. The Labute approximate surface area is 151 Å². The SMILES string of the molecule is CC1=NC(CCBr)=C(C(=O)O)C(c2cccc([N+](=O)[O-])c2)C1C(=O)O. The predicted molar refractivity (Wildman–Crippen MR) is 93.1 cm³/mol. The van der Waals surface area contributed by atoms with Gasteiger partial charge in [-0.1, -0.05) is 28.1 Å². The number of carbonyl (C=O) groups is 2. The molecular formula is C16H15BrN2O6. The lowest BCUT2D eigenvalue weighted by atomic mass is 9.75. The van der Waals surface area contributed by atoms with Gasteiger partial charge in [0.05, 0.1) is 16.2 Å². The molecule has 2 atom stereocenters. The number of halogens is 1. The Balaban J connectivity index is 2.72. The number of carboxylic acid groups (broad SMARTS) is 2. The number of nitro groups is 1. The van der Waals surface area contributed by atoms with Crippen LogP contribution >= 0.6 is 15.9 Å². The molecule has 9 heteroatoms. The van der Waals surface area contributed by atoms with E-state index in [9.17, 15) is 29.9 Å². The van der Waals surface area contributed by atoms with Crippen molar-refractivity contribution in [1.29, 1.82) is 0 Å². The lowest BCUT2D eigenvalue weighted by Gasteiger charge is -2.30. The summed E-state index contributed by atoms with van der Waals surface area (Å²) in [7, 11) is 0. The number of non-ortho nitro benzene ring substituents is 1. The Morgan fingerprint density at radius 2 is 2.04 bits per heavy atom. The van der Waals surface area contributed by atoms with Gasteiger partial charge in [-0.15, -0.1) is 0 Å². The molecule has 1 aromatic rings. The van der Waals surface area contributed by atoms with E-state index in [1.165, 1.54) is 31.2 Å². The third-order valence-corrected chi connectivity index (χ3v) is 4.38. The molecule has 0 aliphatic carbocycles. The molecule has 25 heavy (non-hydrogen) atoms. The topological polar surface area (TPSA) is 130 Å². The molecule has 8 nitrogen and oxygen atoms in total. The van der Waals surface area contributed by atoms with Crippen molar-refractivity contribution in [2.75, 3.05) is 5.33 Å². The first-order valence-electron chi connectivity index (χ1n) is 7.32. The molecule has 1 aromatic carbocycles. The van der Waals surface area contributed by atoms with E-state index in [2.05, 4.69) is 20.9 Å². The number of benzene rings is 1. The van der Waals surface area contributed by atoms with E-state index < -0.39 is 28.7 Å². The van der Waals surface area contributed by atoms with E-state index in [0.29, 0.717) is 11.8 Å². The van der Waals surface area contributed by atoms with Gasteiger partial charge in [0.25, 0.3) is 5.69 Å². The van der Waals surface area contributed by atoms with Crippen LogP contribution in [0.15, 0.2) is 40.5 Å². The number of aliphatic carboxylic acids is 2. The molecule has 1 heterocycles. The van der Waals surface area contributed by atoms with Gasteiger partial charge in [0.1, 0.15) is 5.92 Å². The summed E-state index contributed by atoms with van der Waals surface area (Å²) in [6.07, 6.45) is 0.302. The van der Waals surface area contributed by atoms with Crippen LogP contribution in [0.4, 0.5) is 5.69 Å². The number of hydrogen-bond acceptors (Lipinski definition) is 5. The van der Waals surface area contributed by atoms with E-state index in [1.807, 2.05) is 0 Å². The molecule has 0 bridgehead atoms. The first-order valence-corrected chi connectivity index (χ1v) is 8.44. The van der Waals surface area contributed by atoms with Crippen molar-refractivity contribution >= 4 is 39.3 Å². The fourth-order valence-electron chi connectivity index (χ4n) is 2.98.